The molecule has 0 spiro atoms. The zero-order chi connectivity index (χ0) is 12.6. The van der Waals surface area contributed by atoms with Crippen LogP contribution in [0.1, 0.15) is 44.6 Å². The second-order valence-electron chi connectivity index (χ2n) is 5.18. The molecule has 100 valence electrons. The maximum Gasteiger partial charge on any atom is 0.119 e. The molecule has 2 rings (SSSR count). The molecule has 2 nitrogen and oxygen atoms in total. The van der Waals surface area contributed by atoms with Gasteiger partial charge in [-0.2, -0.15) is 0 Å². The van der Waals surface area contributed by atoms with E-state index in [2.05, 4.69) is 30.4 Å². The standard InChI is InChI=1S/C16H25NO/c1-2-12-18-16-8-5-7-14(13-16)6-3-4-11-17-15-9-10-15/h5,7-8,13,15,17H,2-4,6,9-12H2,1H3. The lowest BCUT2D eigenvalue weighted by Gasteiger charge is -2.07. The second-order valence-corrected chi connectivity index (χ2v) is 5.18. The van der Waals surface area contributed by atoms with Crippen molar-refractivity contribution in [3.8, 4) is 5.75 Å². The second kappa shape index (κ2) is 7.42. The third kappa shape index (κ3) is 5.09. The average molecular weight is 247 g/mol. The van der Waals surface area contributed by atoms with Crippen LogP contribution in [0, 0.1) is 0 Å². The molecular formula is C16H25NO. The summed E-state index contributed by atoms with van der Waals surface area (Å²) in [5.74, 6) is 1.02. The van der Waals surface area contributed by atoms with Gasteiger partial charge in [-0.05, 0) is 62.8 Å². The van der Waals surface area contributed by atoms with Crippen LogP contribution in [-0.2, 0) is 6.42 Å². The van der Waals surface area contributed by atoms with Crippen molar-refractivity contribution in [1.29, 1.82) is 0 Å². The lowest BCUT2D eigenvalue weighted by Crippen LogP contribution is -2.17. The van der Waals surface area contributed by atoms with Crippen LogP contribution in [0.25, 0.3) is 0 Å². The fourth-order valence-corrected chi connectivity index (χ4v) is 2.06. The fourth-order valence-electron chi connectivity index (χ4n) is 2.06. The first-order valence-corrected chi connectivity index (χ1v) is 7.33. The van der Waals surface area contributed by atoms with Gasteiger partial charge < -0.3 is 10.1 Å². The molecule has 1 N–H and O–H groups in total. The highest BCUT2D eigenvalue weighted by atomic mass is 16.5. The SMILES string of the molecule is CCCOc1cccc(CCCCNC2CC2)c1. The van der Waals surface area contributed by atoms with E-state index in [9.17, 15) is 0 Å². The molecule has 1 aliphatic carbocycles. The van der Waals surface area contributed by atoms with Crippen molar-refractivity contribution in [2.75, 3.05) is 13.2 Å². The maximum absolute atomic E-state index is 5.65. The van der Waals surface area contributed by atoms with Gasteiger partial charge in [0.2, 0.25) is 0 Å². The molecule has 0 unspecified atom stereocenters. The van der Waals surface area contributed by atoms with Gasteiger partial charge >= 0.3 is 0 Å². The zero-order valence-electron chi connectivity index (χ0n) is 11.5. The van der Waals surface area contributed by atoms with E-state index in [4.69, 9.17) is 4.74 Å². The highest BCUT2D eigenvalue weighted by molar-refractivity contribution is 5.28. The number of aryl methyl sites for hydroxylation is 1. The van der Waals surface area contributed by atoms with E-state index in [1.54, 1.807) is 0 Å². The van der Waals surface area contributed by atoms with Crippen LogP contribution in [0.4, 0.5) is 0 Å². The summed E-state index contributed by atoms with van der Waals surface area (Å²) < 4.78 is 5.65. The summed E-state index contributed by atoms with van der Waals surface area (Å²) >= 11 is 0. The molecule has 0 aromatic heterocycles. The molecule has 0 radical (unpaired) electrons. The van der Waals surface area contributed by atoms with E-state index in [0.717, 1.165) is 31.2 Å². The summed E-state index contributed by atoms with van der Waals surface area (Å²) in [6.45, 7) is 4.13. The van der Waals surface area contributed by atoms with E-state index in [1.165, 1.54) is 37.8 Å². The van der Waals surface area contributed by atoms with Crippen molar-refractivity contribution in [2.45, 2.75) is 51.5 Å². The molecule has 2 heteroatoms. The quantitative estimate of drug-likeness (QED) is 0.674. The average Bonchev–Trinajstić information content (AvgIpc) is 3.20. The van der Waals surface area contributed by atoms with Crippen molar-refractivity contribution in [1.82, 2.24) is 5.32 Å². The number of hydrogen-bond donors (Lipinski definition) is 1. The summed E-state index contributed by atoms with van der Waals surface area (Å²) in [5, 5.41) is 3.56. The van der Waals surface area contributed by atoms with Gasteiger partial charge in [0, 0.05) is 6.04 Å². The number of benzene rings is 1. The summed E-state index contributed by atoms with van der Waals surface area (Å²) in [4.78, 5) is 0. The Labute approximate surface area is 111 Å². The molecule has 1 aliphatic rings. The zero-order valence-corrected chi connectivity index (χ0v) is 11.5. The lowest BCUT2D eigenvalue weighted by atomic mass is 10.1. The predicted octanol–water partition coefficient (Wildman–Crippen LogP) is 3.55. The molecule has 0 saturated heterocycles. The minimum atomic E-state index is 0.814. The molecular weight excluding hydrogens is 222 g/mol. The Morgan fingerprint density at radius 2 is 2.17 bits per heavy atom. The van der Waals surface area contributed by atoms with Gasteiger partial charge in [-0.1, -0.05) is 19.1 Å². The predicted molar refractivity (Wildman–Crippen MR) is 76.2 cm³/mol. The topological polar surface area (TPSA) is 21.3 Å². The first kappa shape index (κ1) is 13.4. The molecule has 0 bridgehead atoms. The van der Waals surface area contributed by atoms with Gasteiger partial charge in [-0.15, -0.1) is 0 Å². The van der Waals surface area contributed by atoms with Crippen molar-refractivity contribution in [3.05, 3.63) is 29.8 Å². The van der Waals surface area contributed by atoms with Crippen molar-refractivity contribution in [2.24, 2.45) is 0 Å². The highest BCUT2D eigenvalue weighted by Crippen LogP contribution is 2.19. The van der Waals surface area contributed by atoms with Crippen LogP contribution in [0.15, 0.2) is 24.3 Å². The summed E-state index contributed by atoms with van der Waals surface area (Å²) in [5.41, 5.74) is 1.40. The molecule has 1 aromatic carbocycles. The third-order valence-corrected chi connectivity index (χ3v) is 3.27. The van der Waals surface area contributed by atoms with Crippen molar-refractivity contribution in [3.63, 3.8) is 0 Å². The summed E-state index contributed by atoms with van der Waals surface area (Å²) in [7, 11) is 0. The largest absolute Gasteiger partial charge is 0.494 e. The fraction of sp³-hybridized carbons (Fsp3) is 0.625. The Morgan fingerprint density at radius 3 is 2.94 bits per heavy atom. The van der Waals surface area contributed by atoms with Crippen LogP contribution in [-0.4, -0.2) is 19.2 Å². The van der Waals surface area contributed by atoms with Gasteiger partial charge in [0.25, 0.3) is 0 Å². The molecule has 1 aromatic rings. The van der Waals surface area contributed by atoms with Crippen LogP contribution >= 0.6 is 0 Å². The Balaban J connectivity index is 1.64. The molecule has 0 heterocycles. The molecule has 0 atom stereocenters. The molecule has 1 saturated carbocycles. The Kier molecular flexibility index (Phi) is 5.53. The Hall–Kier alpha value is -1.02. The Bertz CT molecular complexity index is 347. The number of nitrogens with one attached hydrogen (secondary N) is 1. The molecule has 18 heavy (non-hydrogen) atoms. The van der Waals surface area contributed by atoms with E-state index in [0.29, 0.717) is 0 Å². The minimum absolute atomic E-state index is 0.814. The van der Waals surface area contributed by atoms with E-state index in [-0.39, 0.29) is 0 Å². The number of rotatable bonds is 9. The molecule has 1 fully saturated rings. The smallest absolute Gasteiger partial charge is 0.119 e. The Morgan fingerprint density at radius 1 is 1.28 bits per heavy atom. The summed E-state index contributed by atoms with van der Waals surface area (Å²) in [6.07, 6.45) is 7.54. The van der Waals surface area contributed by atoms with E-state index in [1.807, 2.05) is 6.07 Å². The molecule has 0 amide bonds. The maximum atomic E-state index is 5.65. The van der Waals surface area contributed by atoms with Gasteiger partial charge in [0.15, 0.2) is 0 Å². The highest BCUT2D eigenvalue weighted by Gasteiger charge is 2.19. The van der Waals surface area contributed by atoms with Gasteiger partial charge in [-0.3, -0.25) is 0 Å². The summed E-state index contributed by atoms with van der Waals surface area (Å²) in [6, 6.07) is 9.38. The van der Waals surface area contributed by atoms with E-state index < -0.39 is 0 Å². The van der Waals surface area contributed by atoms with E-state index >= 15 is 0 Å². The molecule has 0 aliphatic heterocycles. The normalized spacial score (nSPS) is 14.7. The van der Waals surface area contributed by atoms with Gasteiger partial charge in [0.1, 0.15) is 5.75 Å². The van der Waals surface area contributed by atoms with Gasteiger partial charge in [0.05, 0.1) is 6.61 Å². The lowest BCUT2D eigenvalue weighted by molar-refractivity contribution is 0.317. The number of ether oxygens (including phenoxy) is 1. The van der Waals surface area contributed by atoms with Crippen LogP contribution in [0.3, 0.4) is 0 Å². The van der Waals surface area contributed by atoms with Crippen LogP contribution < -0.4 is 10.1 Å². The van der Waals surface area contributed by atoms with Gasteiger partial charge in [-0.25, -0.2) is 0 Å². The van der Waals surface area contributed by atoms with Crippen LogP contribution in [0.2, 0.25) is 0 Å². The first-order valence-electron chi connectivity index (χ1n) is 7.33. The minimum Gasteiger partial charge on any atom is -0.494 e. The number of hydrogen-bond acceptors (Lipinski definition) is 2. The number of unbranched alkanes of at least 4 members (excludes halogenated alkanes) is 1. The van der Waals surface area contributed by atoms with Crippen molar-refractivity contribution < 1.29 is 4.74 Å². The van der Waals surface area contributed by atoms with Crippen molar-refractivity contribution >= 4 is 0 Å². The van der Waals surface area contributed by atoms with Crippen LogP contribution in [0.5, 0.6) is 5.75 Å². The monoisotopic (exact) mass is 247 g/mol. The first-order chi connectivity index (χ1) is 8.88. The third-order valence-electron chi connectivity index (χ3n) is 3.27.